The predicted molar refractivity (Wildman–Crippen MR) is 92.6 cm³/mol. The van der Waals surface area contributed by atoms with Crippen LogP contribution in [0.4, 0.5) is 4.39 Å². The minimum atomic E-state index is -3.69. The Labute approximate surface area is 146 Å². The predicted octanol–water partition coefficient (Wildman–Crippen LogP) is 0.922. The molecule has 0 aromatic heterocycles. The van der Waals surface area contributed by atoms with E-state index < -0.39 is 10.0 Å². The van der Waals surface area contributed by atoms with Crippen LogP contribution in [0.3, 0.4) is 0 Å². The lowest BCUT2D eigenvalue weighted by molar-refractivity contribution is -0.120. The summed E-state index contributed by atoms with van der Waals surface area (Å²) in [5, 5.41) is 10.8. The zero-order valence-corrected chi connectivity index (χ0v) is 14.4. The van der Waals surface area contributed by atoms with Gasteiger partial charge in [0, 0.05) is 13.1 Å². The lowest BCUT2D eigenvalue weighted by atomic mass is 10.1. The van der Waals surface area contributed by atoms with Crippen molar-refractivity contribution >= 4 is 15.9 Å². The second-order valence-electron chi connectivity index (χ2n) is 5.52. The zero-order valence-electron chi connectivity index (χ0n) is 13.5. The quantitative estimate of drug-likeness (QED) is 0.647. The van der Waals surface area contributed by atoms with E-state index in [9.17, 15) is 17.6 Å². The Bertz CT molecular complexity index is 806. The molecule has 6 nitrogen and oxygen atoms in total. The molecule has 0 unspecified atom stereocenters. The van der Waals surface area contributed by atoms with Gasteiger partial charge in [0.05, 0.1) is 11.4 Å². The lowest BCUT2D eigenvalue weighted by Crippen LogP contribution is -2.34. The summed E-state index contributed by atoms with van der Waals surface area (Å²) >= 11 is 0. The molecule has 0 aliphatic heterocycles. The molecule has 0 radical (unpaired) electrons. The summed E-state index contributed by atoms with van der Waals surface area (Å²) in [6.07, 6.45) is 0.626. The molecular weight excluding hydrogens is 345 g/mol. The molecule has 4 N–H and O–H groups in total. The smallest absolute Gasteiger partial charge is 0.238 e. The van der Waals surface area contributed by atoms with Crippen LogP contribution in [0, 0.1) is 5.82 Å². The van der Waals surface area contributed by atoms with Crippen LogP contribution in [0.25, 0.3) is 0 Å². The molecule has 25 heavy (non-hydrogen) atoms. The number of hydrogen-bond donors (Lipinski definition) is 3. The molecule has 0 saturated carbocycles. The Kier molecular flexibility index (Phi) is 6.63. The Morgan fingerprint density at radius 2 is 1.60 bits per heavy atom. The molecule has 0 fully saturated rings. The first kappa shape index (κ1) is 19.0. The first-order valence-corrected chi connectivity index (χ1v) is 9.23. The van der Waals surface area contributed by atoms with Gasteiger partial charge >= 0.3 is 0 Å². The van der Waals surface area contributed by atoms with Gasteiger partial charge in [-0.05, 0) is 41.8 Å². The highest BCUT2D eigenvalue weighted by Gasteiger charge is 2.07. The van der Waals surface area contributed by atoms with Gasteiger partial charge < -0.3 is 10.6 Å². The average molecular weight is 365 g/mol. The van der Waals surface area contributed by atoms with Gasteiger partial charge in [-0.2, -0.15) is 0 Å². The second-order valence-corrected chi connectivity index (χ2v) is 7.08. The van der Waals surface area contributed by atoms with Crippen molar-refractivity contribution < 1.29 is 17.6 Å². The fourth-order valence-electron chi connectivity index (χ4n) is 2.18. The monoisotopic (exact) mass is 365 g/mol. The number of primary sulfonamides is 1. The fourth-order valence-corrected chi connectivity index (χ4v) is 2.69. The van der Waals surface area contributed by atoms with E-state index in [-0.39, 0.29) is 23.2 Å². The maximum absolute atomic E-state index is 12.8. The average Bonchev–Trinajstić information content (AvgIpc) is 2.56. The molecular formula is C17H20FN3O3S. The highest BCUT2D eigenvalue weighted by Crippen LogP contribution is 2.08. The molecule has 2 aromatic carbocycles. The Hall–Kier alpha value is -2.29. The van der Waals surface area contributed by atoms with Crippen molar-refractivity contribution in [1.82, 2.24) is 10.6 Å². The molecule has 134 valence electrons. The minimum Gasteiger partial charge on any atom is -0.355 e. The molecule has 0 spiro atoms. The van der Waals surface area contributed by atoms with Gasteiger partial charge in [0.15, 0.2) is 0 Å². The third-order valence-corrected chi connectivity index (χ3v) is 4.44. The Morgan fingerprint density at radius 3 is 2.20 bits per heavy atom. The summed E-state index contributed by atoms with van der Waals surface area (Å²) in [5.74, 6) is -0.433. The van der Waals surface area contributed by atoms with Crippen LogP contribution in [0.15, 0.2) is 53.4 Å². The van der Waals surface area contributed by atoms with Crippen molar-refractivity contribution in [3.63, 3.8) is 0 Å². The maximum atomic E-state index is 12.8. The first-order valence-electron chi connectivity index (χ1n) is 7.68. The third-order valence-electron chi connectivity index (χ3n) is 3.52. The van der Waals surface area contributed by atoms with E-state index in [4.69, 9.17) is 5.14 Å². The van der Waals surface area contributed by atoms with Crippen molar-refractivity contribution in [1.29, 1.82) is 0 Å². The summed E-state index contributed by atoms with van der Waals surface area (Å²) in [6, 6.07) is 12.3. The van der Waals surface area contributed by atoms with Gasteiger partial charge in [-0.15, -0.1) is 0 Å². The van der Waals surface area contributed by atoms with E-state index in [1.165, 1.54) is 24.3 Å². The van der Waals surface area contributed by atoms with Gasteiger partial charge in [0.2, 0.25) is 15.9 Å². The maximum Gasteiger partial charge on any atom is 0.238 e. The standard InChI is InChI=1S/C17H20FN3O3S/c18-15-5-1-13(2-6-15)9-10-21-17(22)12-20-11-14-3-7-16(8-4-14)25(19,23)24/h1-8,20H,9-12H2,(H,21,22)(H2,19,23,24). The molecule has 0 aliphatic carbocycles. The van der Waals surface area contributed by atoms with Crippen molar-refractivity contribution in [2.75, 3.05) is 13.1 Å². The molecule has 8 heteroatoms. The second kappa shape index (κ2) is 8.70. The van der Waals surface area contributed by atoms with E-state index in [1.807, 2.05) is 0 Å². The summed E-state index contributed by atoms with van der Waals surface area (Å²) < 4.78 is 35.1. The zero-order chi connectivity index (χ0) is 18.3. The highest BCUT2D eigenvalue weighted by molar-refractivity contribution is 7.89. The lowest BCUT2D eigenvalue weighted by Gasteiger charge is -2.07. The summed E-state index contributed by atoms with van der Waals surface area (Å²) in [7, 11) is -3.69. The molecule has 0 aliphatic rings. The van der Waals surface area contributed by atoms with E-state index >= 15 is 0 Å². The van der Waals surface area contributed by atoms with Crippen LogP contribution < -0.4 is 15.8 Å². The van der Waals surface area contributed by atoms with Crippen LogP contribution in [-0.2, 0) is 27.8 Å². The third kappa shape index (κ3) is 6.61. The van der Waals surface area contributed by atoms with E-state index in [2.05, 4.69) is 10.6 Å². The molecule has 0 bridgehead atoms. The summed E-state index contributed by atoms with van der Waals surface area (Å²) in [4.78, 5) is 11.8. The van der Waals surface area contributed by atoms with Crippen molar-refractivity contribution in [2.24, 2.45) is 5.14 Å². The number of carbonyl (C=O) groups excluding carboxylic acids is 1. The number of nitrogens with two attached hydrogens (primary N) is 1. The first-order chi connectivity index (χ1) is 11.8. The molecule has 0 saturated heterocycles. The van der Waals surface area contributed by atoms with Crippen molar-refractivity contribution in [3.05, 3.63) is 65.5 Å². The van der Waals surface area contributed by atoms with Gasteiger partial charge in [0.1, 0.15) is 5.82 Å². The van der Waals surface area contributed by atoms with Crippen molar-refractivity contribution in [3.8, 4) is 0 Å². The van der Waals surface area contributed by atoms with Gasteiger partial charge in [-0.25, -0.2) is 17.9 Å². The molecule has 1 amide bonds. The number of amides is 1. The van der Waals surface area contributed by atoms with Crippen LogP contribution >= 0.6 is 0 Å². The number of carbonyl (C=O) groups is 1. The summed E-state index contributed by atoms with van der Waals surface area (Å²) in [6.45, 7) is 1.03. The molecule has 0 heterocycles. The Morgan fingerprint density at radius 1 is 1.00 bits per heavy atom. The van der Waals surface area contributed by atoms with E-state index in [0.717, 1.165) is 11.1 Å². The Balaban J connectivity index is 1.67. The molecule has 0 atom stereocenters. The van der Waals surface area contributed by atoms with Crippen LogP contribution in [0.2, 0.25) is 0 Å². The van der Waals surface area contributed by atoms with Gasteiger partial charge in [-0.3, -0.25) is 4.79 Å². The largest absolute Gasteiger partial charge is 0.355 e. The van der Waals surface area contributed by atoms with Crippen LogP contribution in [-0.4, -0.2) is 27.4 Å². The SMILES string of the molecule is NS(=O)(=O)c1ccc(CNCC(=O)NCCc2ccc(F)cc2)cc1. The number of rotatable bonds is 8. The van der Waals surface area contributed by atoms with Crippen LogP contribution in [0.5, 0.6) is 0 Å². The topological polar surface area (TPSA) is 101 Å². The highest BCUT2D eigenvalue weighted by atomic mass is 32.2. The molecule has 2 rings (SSSR count). The minimum absolute atomic E-state index is 0.0507. The van der Waals surface area contributed by atoms with Crippen molar-refractivity contribution in [2.45, 2.75) is 17.9 Å². The van der Waals surface area contributed by atoms with Gasteiger partial charge in [-0.1, -0.05) is 24.3 Å². The van der Waals surface area contributed by atoms with E-state index in [0.29, 0.717) is 19.5 Å². The van der Waals surface area contributed by atoms with Gasteiger partial charge in [0.25, 0.3) is 0 Å². The van der Waals surface area contributed by atoms with E-state index in [1.54, 1.807) is 24.3 Å². The number of benzene rings is 2. The normalized spacial score (nSPS) is 11.3. The van der Waals surface area contributed by atoms with Crippen LogP contribution in [0.1, 0.15) is 11.1 Å². The number of halogens is 1. The number of hydrogen-bond acceptors (Lipinski definition) is 4. The number of sulfonamides is 1. The molecule has 2 aromatic rings. The number of nitrogens with one attached hydrogen (secondary N) is 2. The summed E-state index contributed by atoms with van der Waals surface area (Å²) in [5.41, 5.74) is 1.79. The fraction of sp³-hybridized carbons (Fsp3) is 0.235.